The molecule has 0 radical (unpaired) electrons. The number of amides is 1. The number of hydrogen-bond acceptors (Lipinski definition) is 6. The van der Waals surface area contributed by atoms with E-state index in [4.69, 9.17) is 4.52 Å². The molecule has 1 aliphatic heterocycles. The Bertz CT molecular complexity index is 772. The highest BCUT2D eigenvalue weighted by Gasteiger charge is 2.33. The molecule has 2 aromatic heterocycles. The van der Waals surface area contributed by atoms with E-state index < -0.39 is 0 Å². The predicted octanol–water partition coefficient (Wildman–Crippen LogP) is 1.77. The van der Waals surface area contributed by atoms with E-state index in [0.29, 0.717) is 30.5 Å². The normalized spacial score (nSPS) is 19.4. The van der Waals surface area contributed by atoms with Crippen molar-refractivity contribution in [2.75, 3.05) is 26.7 Å². The zero-order valence-corrected chi connectivity index (χ0v) is 15.8. The topological polar surface area (TPSA) is 80.3 Å². The third kappa shape index (κ3) is 3.44. The van der Waals surface area contributed by atoms with Gasteiger partial charge in [-0.1, -0.05) is 5.16 Å². The second kappa shape index (κ2) is 6.25. The second-order valence-electron chi connectivity index (χ2n) is 7.68. The zero-order chi connectivity index (χ0) is 18.4. The van der Waals surface area contributed by atoms with Crippen molar-refractivity contribution < 1.29 is 9.32 Å². The fraction of sp³-hybridized carbons (Fsp3) is 0.647. The zero-order valence-electron chi connectivity index (χ0n) is 15.8. The molecule has 3 heterocycles. The molecule has 0 aliphatic carbocycles. The van der Waals surface area contributed by atoms with E-state index in [2.05, 4.69) is 40.9 Å². The summed E-state index contributed by atoms with van der Waals surface area (Å²) in [4.78, 5) is 21.2. The van der Waals surface area contributed by atoms with Gasteiger partial charge in [0.1, 0.15) is 6.04 Å². The summed E-state index contributed by atoms with van der Waals surface area (Å²) in [6.45, 7) is 11.9. The Morgan fingerprint density at radius 2 is 2.00 bits per heavy atom. The summed E-state index contributed by atoms with van der Waals surface area (Å²) in [7, 11) is 2.00. The van der Waals surface area contributed by atoms with Crippen LogP contribution in [-0.4, -0.2) is 62.3 Å². The van der Waals surface area contributed by atoms with E-state index in [-0.39, 0.29) is 17.5 Å². The van der Waals surface area contributed by atoms with Gasteiger partial charge in [0.25, 0.3) is 5.91 Å². The van der Waals surface area contributed by atoms with Gasteiger partial charge in [-0.15, -0.1) is 0 Å². The third-order valence-electron chi connectivity index (χ3n) is 4.51. The highest BCUT2D eigenvalue weighted by Crippen LogP contribution is 2.24. The SMILES string of the molecule is Cc1noc(C2CN(C(=O)c3cc(C)n(C(C)(C)C)n3)CCN2C)n1. The maximum Gasteiger partial charge on any atom is 0.274 e. The quantitative estimate of drug-likeness (QED) is 0.824. The van der Waals surface area contributed by atoms with Gasteiger partial charge in [-0.3, -0.25) is 14.4 Å². The minimum absolute atomic E-state index is 0.0552. The summed E-state index contributed by atoms with van der Waals surface area (Å²) in [5.41, 5.74) is 1.31. The summed E-state index contributed by atoms with van der Waals surface area (Å²) >= 11 is 0. The van der Waals surface area contributed by atoms with Crippen molar-refractivity contribution in [1.82, 2.24) is 29.7 Å². The first-order valence-electron chi connectivity index (χ1n) is 8.53. The number of likely N-dealkylation sites (N-methyl/N-ethyl adjacent to an activating group) is 1. The van der Waals surface area contributed by atoms with Crippen LogP contribution in [0, 0.1) is 13.8 Å². The number of carbonyl (C=O) groups excluding carboxylic acids is 1. The van der Waals surface area contributed by atoms with Crippen molar-refractivity contribution >= 4 is 5.91 Å². The van der Waals surface area contributed by atoms with Crippen LogP contribution in [0.5, 0.6) is 0 Å². The molecule has 8 heteroatoms. The maximum atomic E-state index is 12.9. The van der Waals surface area contributed by atoms with Crippen molar-refractivity contribution in [3.8, 4) is 0 Å². The van der Waals surface area contributed by atoms with Gasteiger partial charge in [-0.05, 0) is 47.7 Å². The lowest BCUT2D eigenvalue weighted by Crippen LogP contribution is -2.49. The summed E-state index contributed by atoms with van der Waals surface area (Å²) in [6.07, 6.45) is 0. The lowest BCUT2D eigenvalue weighted by molar-refractivity contribution is 0.0482. The largest absolute Gasteiger partial charge is 0.338 e. The van der Waals surface area contributed by atoms with Crippen LogP contribution in [0.1, 0.15) is 54.7 Å². The van der Waals surface area contributed by atoms with Gasteiger partial charge in [0.15, 0.2) is 11.5 Å². The lowest BCUT2D eigenvalue weighted by Gasteiger charge is -2.37. The average Bonchev–Trinajstić information content (AvgIpc) is 3.12. The monoisotopic (exact) mass is 346 g/mol. The molecule has 8 nitrogen and oxygen atoms in total. The fourth-order valence-corrected chi connectivity index (χ4v) is 3.19. The smallest absolute Gasteiger partial charge is 0.274 e. The highest BCUT2D eigenvalue weighted by molar-refractivity contribution is 5.92. The molecule has 0 bridgehead atoms. The standard InChI is InChI=1S/C17H26N6O2/c1-11-9-13(19-23(11)17(3,4)5)16(24)22-8-7-21(6)14(10-22)15-18-12(2)20-25-15/h9,14H,7-8,10H2,1-6H3. The Hall–Kier alpha value is -2.22. The van der Waals surface area contributed by atoms with Gasteiger partial charge < -0.3 is 9.42 Å². The van der Waals surface area contributed by atoms with E-state index in [1.807, 2.05) is 29.6 Å². The molecule has 2 aromatic rings. The predicted molar refractivity (Wildman–Crippen MR) is 92.3 cm³/mol. The van der Waals surface area contributed by atoms with Crippen LogP contribution in [0.25, 0.3) is 0 Å². The first kappa shape index (κ1) is 17.6. The molecule has 1 aliphatic rings. The van der Waals surface area contributed by atoms with E-state index >= 15 is 0 Å². The number of aryl methyl sites for hydroxylation is 2. The number of piperazine rings is 1. The average molecular weight is 346 g/mol. The molecule has 25 heavy (non-hydrogen) atoms. The van der Waals surface area contributed by atoms with E-state index in [0.717, 1.165) is 12.2 Å². The van der Waals surface area contributed by atoms with Crippen LogP contribution in [0.2, 0.25) is 0 Å². The van der Waals surface area contributed by atoms with Gasteiger partial charge in [-0.25, -0.2) is 0 Å². The van der Waals surface area contributed by atoms with Gasteiger partial charge in [0.05, 0.1) is 5.54 Å². The van der Waals surface area contributed by atoms with Crippen molar-refractivity contribution in [1.29, 1.82) is 0 Å². The number of aromatic nitrogens is 4. The lowest BCUT2D eigenvalue weighted by atomic mass is 10.1. The number of carbonyl (C=O) groups is 1. The van der Waals surface area contributed by atoms with Crippen LogP contribution in [-0.2, 0) is 5.54 Å². The first-order chi connectivity index (χ1) is 11.7. The van der Waals surface area contributed by atoms with E-state index in [1.165, 1.54) is 0 Å². The van der Waals surface area contributed by atoms with Crippen molar-refractivity contribution in [3.05, 3.63) is 29.2 Å². The van der Waals surface area contributed by atoms with E-state index in [1.54, 1.807) is 6.92 Å². The molecular formula is C17H26N6O2. The molecule has 1 amide bonds. The first-order valence-corrected chi connectivity index (χ1v) is 8.53. The van der Waals surface area contributed by atoms with Gasteiger partial charge in [-0.2, -0.15) is 10.1 Å². The van der Waals surface area contributed by atoms with E-state index in [9.17, 15) is 4.79 Å². The Balaban J connectivity index is 1.81. The van der Waals surface area contributed by atoms with Crippen LogP contribution in [0.15, 0.2) is 10.6 Å². The van der Waals surface area contributed by atoms with Crippen LogP contribution >= 0.6 is 0 Å². The highest BCUT2D eigenvalue weighted by atomic mass is 16.5. The van der Waals surface area contributed by atoms with Crippen LogP contribution in [0.4, 0.5) is 0 Å². The van der Waals surface area contributed by atoms with Crippen LogP contribution in [0.3, 0.4) is 0 Å². The van der Waals surface area contributed by atoms with Crippen molar-refractivity contribution in [2.24, 2.45) is 0 Å². The minimum Gasteiger partial charge on any atom is -0.338 e. The summed E-state index contributed by atoms with van der Waals surface area (Å²) in [6, 6.07) is 1.77. The number of hydrogen-bond donors (Lipinski definition) is 0. The molecule has 1 saturated heterocycles. The Morgan fingerprint density at radius 1 is 1.28 bits per heavy atom. The Kier molecular flexibility index (Phi) is 4.40. The molecule has 0 spiro atoms. The van der Waals surface area contributed by atoms with Crippen molar-refractivity contribution in [3.63, 3.8) is 0 Å². The van der Waals surface area contributed by atoms with Gasteiger partial charge >= 0.3 is 0 Å². The minimum atomic E-state index is -0.158. The number of rotatable bonds is 2. The van der Waals surface area contributed by atoms with Gasteiger partial charge in [0.2, 0.25) is 5.89 Å². The van der Waals surface area contributed by atoms with Crippen molar-refractivity contribution in [2.45, 2.75) is 46.2 Å². The summed E-state index contributed by atoms with van der Waals surface area (Å²) in [5, 5.41) is 8.40. The molecule has 0 saturated carbocycles. The Morgan fingerprint density at radius 3 is 2.56 bits per heavy atom. The molecule has 0 N–H and O–H groups in total. The number of nitrogens with zero attached hydrogens (tertiary/aromatic N) is 6. The fourth-order valence-electron chi connectivity index (χ4n) is 3.19. The molecule has 1 fully saturated rings. The second-order valence-corrected chi connectivity index (χ2v) is 7.68. The van der Waals surface area contributed by atoms with Crippen LogP contribution < -0.4 is 0 Å². The maximum absolute atomic E-state index is 12.9. The molecule has 136 valence electrons. The molecular weight excluding hydrogens is 320 g/mol. The third-order valence-corrected chi connectivity index (χ3v) is 4.51. The molecule has 1 unspecified atom stereocenters. The summed E-state index contributed by atoms with van der Waals surface area (Å²) < 4.78 is 7.21. The molecule has 3 rings (SSSR count). The summed E-state index contributed by atoms with van der Waals surface area (Å²) in [5.74, 6) is 1.10. The van der Waals surface area contributed by atoms with Gasteiger partial charge in [0, 0.05) is 25.3 Å². The molecule has 0 aromatic carbocycles. The Labute approximate surface area is 147 Å². The molecule has 1 atom stereocenters.